The summed E-state index contributed by atoms with van der Waals surface area (Å²) in [6.07, 6.45) is 3.54. The number of nitrogens with one attached hydrogen (secondary N) is 2. The van der Waals surface area contributed by atoms with Crippen molar-refractivity contribution in [3.05, 3.63) is 54.1 Å². The fourth-order valence-electron chi connectivity index (χ4n) is 3.10. The largest absolute Gasteiger partial charge is 0.337 e. The molecule has 0 bridgehead atoms. The van der Waals surface area contributed by atoms with Crippen molar-refractivity contribution in [2.75, 3.05) is 13.1 Å². The summed E-state index contributed by atoms with van der Waals surface area (Å²) >= 11 is 0. The van der Waals surface area contributed by atoms with Crippen molar-refractivity contribution >= 4 is 5.91 Å². The number of carbonyl (C=O) groups is 1. The Morgan fingerprint density at radius 3 is 2.83 bits per heavy atom. The molecule has 24 heavy (non-hydrogen) atoms. The van der Waals surface area contributed by atoms with Gasteiger partial charge < -0.3 is 4.90 Å². The number of hydrogen-bond acceptors (Lipinski definition) is 4. The van der Waals surface area contributed by atoms with Crippen LogP contribution in [0, 0.1) is 0 Å². The van der Waals surface area contributed by atoms with Gasteiger partial charge in [0.05, 0.1) is 0 Å². The minimum atomic E-state index is -0.0139. The number of benzene rings is 1. The summed E-state index contributed by atoms with van der Waals surface area (Å²) in [5.74, 6) is 1.70. The van der Waals surface area contributed by atoms with E-state index in [1.54, 1.807) is 12.3 Å². The fraction of sp³-hybridized carbons (Fsp3) is 0.294. The number of hydrogen-bond donors (Lipinski definition) is 2. The average Bonchev–Trinajstić information content (AvgIpc) is 3.34. The van der Waals surface area contributed by atoms with Gasteiger partial charge in [-0.1, -0.05) is 30.3 Å². The van der Waals surface area contributed by atoms with Crippen LogP contribution in [-0.2, 0) is 0 Å². The van der Waals surface area contributed by atoms with E-state index in [4.69, 9.17) is 0 Å². The van der Waals surface area contributed by atoms with Crippen LogP contribution >= 0.6 is 0 Å². The monoisotopic (exact) mass is 322 g/mol. The second-order valence-corrected chi connectivity index (χ2v) is 5.97. The molecule has 3 heterocycles. The molecule has 7 nitrogen and oxygen atoms in total. The van der Waals surface area contributed by atoms with E-state index in [0.29, 0.717) is 18.1 Å². The van der Waals surface area contributed by atoms with Crippen LogP contribution in [-0.4, -0.2) is 49.3 Å². The van der Waals surface area contributed by atoms with Crippen LogP contribution in [0.4, 0.5) is 0 Å². The molecular formula is C17H18N6O. The molecule has 0 aliphatic carbocycles. The average molecular weight is 322 g/mol. The molecule has 0 unspecified atom stereocenters. The maximum absolute atomic E-state index is 12.5. The van der Waals surface area contributed by atoms with Gasteiger partial charge in [0.2, 0.25) is 0 Å². The predicted molar refractivity (Wildman–Crippen MR) is 88.3 cm³/mol. The molecule has 1 amide bonds. The Kier molecular flexibility index (Phi) is 3.82. The fourth-order valence-corrected chi connectivity index (χ4v) is 3.10. The van der Waals surface area contributed by atoms with Gasteiger partial charge in [-0.3, -0.25) is 15.0 Å². The Morgan fingerprint density at radius 1 is 1.17 bits per heavy atom. The molecule has 1 aromatic carbocycles. The number of amides is 1. The Labute approximate surface area is 139 Å². The quantitative estimate of drug-likeness (QED) is 0.773. The topological polar surface area (TPSA) is 90.6 Å². The van der Waals surface area contributed by atoms with E-state index in [2.05, 4.69) is 25.4 Å². The molecule has 4 rings (SSSR count). The number of aromatic nitrogens is 5. The molecule has 1 aliphatic heterocycles. The minimum Gasteiger partial charge on any atom is -0.337 e. The van der Waals surface area contributed by atoms with Gasteiger partial charge in [0.15, 0.2) is 5.82 Å². The van der Waals surface area contributed by atoms with Crippen molar-refractivity contribution in [2.45, 2.75) is 18.8 Å². The van der Waals surface area contributed by atoms with Gasteiger partial charge in [-0.2, -0.15) is 10.2 Å². The number of piperidine rings is 1. The van der Waals surface area contributed by atoms with Crippen LogP contribution in [0.15, 0.2) is 42.6 Å². The lowest BCUT2D eigenvalue weighted by molar-refractivity contribution is 0.0698. The third-order valence-electron chi connectivity index (χ3n) is 4.36. The number of nitrogens with zero attached hydrogens (tertiary/aromatic N) is 4. The molecule has 1 aliphatic rings. The summed E-state index contributed by atoms with van der Waals surface area (Å²) in [4.78, 5) is 19.0. The third-order valence-corrected chi connectivity index (χ3v) is 4.36. The van der Waals surface area contributed by atoms with Crippen molar-refractivity contribution in [1.82, 2.24) is 30.3 Å². The van der Waals surface area contributed by atoms with E-state index < -0.39 is 0 Å². The highest BCUT2D eigenvalue weighted by Gasteiger charge is 2.28. The standard InChI is InChI=1S/C17H18N6O/c24-17(14-8-9-18-20-14)23-10-4-7-13(11-23)16-19-15(21-22-16)12-5-2-1-3-6-12/h1-3,5-6,8-9,13H,4,7,10-11H2,(H,18,20)(H,19,21,22)/t13-/m1/s1. The Balaban J connectivity index is 1.50. The molecule has 1 saturated heterocycles. The zero-order chi connectivity index (χ0) is 16.4. The van der Waals surface area contributed by atoms with Gasteiger partial charge in [0, 0.05) is 30.8 Å². The number of likely N-dealkylation sites (tertiary alicyclic amines) is 1. The zero-order valence-electron chi connectivity index (χ0n) is 13.1. The molecule has 2 aromatic heterocycles. The number of rotatable bonds is 3. The van der Waals surface area contributed by atoms with E-state index in [1.807, 2.05) is 35.2 Å². The zero-order valence-corrected chi connectivity index (χ0v) is 13.1. The molecule has 122 valence electrons. The summed E-state index contributed by atoms with van der Waals surface area (Å²) in [7, 11) is 0. The first-order chi connectivity index (χ1) is 11.8. The Bertz CT molecular complexity index is 811. The van der Waals surface area contributed by atoms with Crippen molar-refractivity contribution in [2.24, 2.45) is 0 Å². The van der Waals surface area contributed by atoms with E-state index in [9.17, 15) is 4.79 Å². The van der Waals surface area contributed by atoms with Gasteiger partial charge >= 0.3 is 0 Å². The van der Waals surface area contributed by atoms with E-state index in [-0.39, 0.29) is 11.8 Å². The molecule has 1 atom stereocenters. The van der Waals surface area contributed by atoms with Gasteiger partial charge in [0.1, 0.15) is 11.5 Å². The summed E-state index contributed by atoms with van der Waals surface area (Å²) in [6, 6.07) is 11.6. The first kappa shape index (κ1) is 14.6. The second-order valence-electron chi connectivity index (χ2n) is 5.97. The van der Waals surface area contributed by atoms with Crippen LogP contribution < -0.4 is 0 Å². The highest BCUT2D eigenvalue weighted by molar-refractivity contribution is 5.92. The first-order valence-electron chi connectivity index (χ1n) is 8.07. The molecule has 0 saturated carbocycles. The maximum Gasteiger partial charge on any atom is 0.271 e. The van der Waals surface area contributed by atoms with E-state index in [0.717, 1.165) is 30.8 Å². The third kappa shape index (κ3) is 2.80. The molecule has 1 fully saturated rings. The Morgan fingerprint density at radius 2 is 2.04 bits per heavy atom. The predicted octanol–water partition coefficient (Wildman–Crippen LogP) is 2.21. The second kappa shape index (κ2) is 6.27. The molecule has 2 N–H and O–H groups in total. The number of H-pyrrole nitrogens is 2. The van der Waals surface area contributed by atoms with Crippen LogP contribution in [0.2, 0.25) is 0 Å². The van der Waals surface area contributed by atoms with Crippen molar-refractivity contribution in [1.29, 1.82) is 0 Å². The van der Waals surface area contributed by atoms with E-state index in [1.165, 1.54) is 0 Å². The highest BCUT2D eigenvalue weighted by atomic mass is 16.2. The lowest BCUT2D eigenvalue weighted by Crippen LogP contribution is -2.39. The maximum atomic E-state index is 12.5. The van der Waals surface area contributed by atoms with Crippen molar-refractivity contribution in [3.63, 3.8) is 0 Å². The SMILES string of the molecule is O=C(c1ccn[nH]1)N1CCC[C@@H](c2nc(-c3ccccc3)n[nH]2)C1. The van der Waals surface area contributed by atoms with Gasteiger partial charge in [-0.25, -0.2) is 4.98 Å². The lowest BCUT2D eigenvalue weighted by atomic mass is 9.97. The summed E-state index contributed by atoms with van der Waals surface area (Å²) in [6.45, 7) is 1.40. The minimum absolute atomic E-state index is 0.0139. The Hall–Kier alpha value is -2.96. The van der Waals surface area contributed by atoms with Crippen LogP contribution in [0.3, 0.4) is 0 Å². The summed E-state index contributed by atoms with van der Waals surface area (Å²) in [5.41, 5.74) is 1.51. The molecule has 0 spiro atoms. The molecular weight excluding hydrogens is 304 g/mol. The first-order valence-corrected chi connectivity index (χ1v) is 8.07. The molecule has 0 radical (unpaired) electrons. The lowest BCUT2D eigenvalue weighted by Gasteiger charge is -2.31. The van der Waals surface area contributed by atoms with Crippen molar-refractivity contribution in [3.8, 4) is 11.4 Å². The van der Waals surface area contributed by atoms with Gasteiger partial charge in [-0.05, 0) is 18.9 Å². The van der Waals surface area contributed by atoms with Crippen LogP contribution in [0.25, 0.3) is 11.4 Å². The summed E-state index contributed by atoms with van der Waals surface area (Å²) in [5, 5.41) is 14.0. The molecule has 7 heteroatoms. The van der Waals surface area contributed by atoms with Crippen LogP contribution in [0.5, 0.6) is 0 Å². The number of carbonyl (C=O) groups excluding carboxylic acids is 1. The molecule has 3 aromatic rings. The van der Waals surface area contributed by atoms with Gasteiger partial charge in [-0.15, -0.1) is 0 Å². The highest BCUT2D eigenvalue weighted by Crippen LogP contribution is 2.26. The van der Waals surface area contributed by atoms with Crippen LogP contribution in [0.1, 0.15) is 35.1 Å². The van der Waals surface area contributed by atoms with Crippen molar-refractivity contribution < 1.29 is 4.79 Å². The van der Waals surface area contributed by atoms with Gasteiger partial charge in [0.25, 0.3) is 5.91 Å². The normalized spacial score (nSPS) is 17.8. The number of aromatic amines is 2. The summed E-state index contributed by atoms with van der Waals surface area (Å²) < 4.78 is 0. The smallest absolute Gasteiger partial charge is 0.271 e. The van der Waals surface area contributed by atoms with E-state index >= 15 is 0 Å².